The molecule has 1 aromatic carbocycles. The van der Waals surface area contributed by atoms with Crippen molar-refractivity contribution in [2.45, 2.75) is 58.5 Å². The first kappa shape index (κ1) is 22.0. The molecule has 2 aliphatic rings. The minimum Gasteiger partial charge on any atom is -0.325 e. The number of benzene rings is 1. The topological polar surface area (TPSA) is 96.3 Å². The van der Waals surface area contributed by atoms with Gasteiger partial charge in [-0.3, -0.25) is 19.2 Å². The number of carbonyl (C=O) groups is 3. The lowest BCUT2D eigenvalue weighted by molar-refractivity contribution is -0.135. The fourth-order valence-electron chi connectivity index (χ4n) is 4.81. The normalized spacial score (nSPS) is 23.5. The molecule has 8 heteroatoms. The Labute approximate surface area is 188 Å². The van der Waals surface area contributed by atoms with E-state index in [1.165, 1.54) is 0 Å². The molecular weight excluding hydrogens is 406 g/mol. The van der Waals surface area contributed by atoms with Gasteiger partial charge in [0.05, 0.1) is 6.54 Å². The van der Waals surface area contributed by atoms with Crippen LogP contribution in [0.2, 0.25) is 0 Å². The number of nitrogens with one attached hydrogen (secondary N) is 2. The summed E-state index contributed by atoms with van der Waals surface area (Å²) in [4.78, 5) is 39.4. The molecule has 0 unspecified atom stereocenters. The maximum absolute atomic E-state index is 13.1. The van der Waals surface area contributed by atoms with Crippen molar-refractivity contribution in [3.05, 3.63) is 48.3 Å². The van der Waals surface area contributed by atoms with Crippen molar-refractivity contribution < 1.29 is 14.4 Å². The molecule has 1 aliphatic heterocycles. The van der Waals surface area contributed by atoms with Gasteiger partial charge in [-0.2, -0.15) is 5.10 Å². The van der Waals surface area contributed by atoms with Crippen LogP contribution in [-0.4, -0.2) is 44.6 Å². The first-order chi connectivity index (χ1) is 15.2. The zero-order chi connectivity index (χ0) is 22.9. The second-order valence-electron chi connectivity index (χ2n) is 10.00. The van der Waals surface area contributed by atoms with Crippen molar-refractivity contribution in [2.24, 2.45) is 11.3 Å². The van der Waals surface area contributed by atoms with Crippen LogP contribution >= 0.6 is 0 Å². The number of hydrogen-bond acceptors (Lipinski definition) is 4. The van der Waals surface area contributed by atoms with Crippen LogP contribution in [0.4, 0.5) is 10.5 Å². The average molecular weight is 438 g/mol. The maximum Gasteiger partial charge on any atom is 0.325 e. The summed E-state index contributed by atoms with van der Waals surface area (Å²) >= 11 is 0. The number of aromatic nitrogens is 2. The van der Waals surface area contributed by atoms with Gasteiger partial charge in [0.1, 0.15) is 12.1 Å². The molecule has 1 saturated heterocycles. The fourth-order valence-corrected chi connectivity index (χ4v) is 4.81. The zero-order valence-corrected chi connectivity index (χ0v) is 18.9. The number of carbonyl (C=O) groups excluding carboxylic acids is 3. The van der Waals surface area contributed by atoms with E-state index in [0.717, 1.165) is 23.3 Å². The van der Waals surface area contributed by atoms with Crippen molar-refractivity contribution in [3.63, 3.8) is 0 Å². The Balaban J connectivity index is 1.37. The van der Waals surface area contributed by atoms with E-state index in [4.69, 9.17) is 0 Å². The minimum absolute atomic E-state index is 0.179. The van der Waals surface area contributed by atoms with Crippen molar-refractivity contribution >= 4 is 23.5 Å². The summed E-state index contributed by atoms with van der Waals surface area (Å²) < 4.78 is 1.79. The van der Waals surface area contributed by atoms with Gasteiger partial charge in [-0.15, -0.1) is 0 Å². The van der Waals surface area contributed by atoms with E-state index >= 15 is 0 Å². The van der Waals surface area contributed by atoms with Crippen LogP contribution in [0, 0.1) is 11.3 Å². The second kappa shape index (κ2) is 8.41. The van der Waals surface area contributed by atoms with E-state index in [9.17, 15) is 14.4 Å². The molecule has 32 heavy (non-hydrogen) atoms. The summed E-state index contributed by atoms with van der Waals surface area (Å²) in [6.45, 7) is 6.93. The third-order valence-electron chi connectivity index (χ3n) is 6.73. The summed E-state index contributed by atoms with van der Waals surface area (Å²) in [7, 11) is 0. The molecule has 2 aromatic rings. The largest absolute Gasteiger partial charge is 0.325 e. The highest BCUT2D eigenvalue weighted by molar-refractivity contribution is 6.10. The van der Waals surface area contributed by atoms with E-state index in [1.54, 1.807) is 16.9 Å². The van der Waals surface area contributed by atoms with Crippen LogP contribution < -0.4 is 10.6 Å². The Morgan fingerprint density at radius 2 is 1.97 bits per heavy atom. The van der Waals surface area contributed by atoms with Gasteiger partial charge in [0.15, 0.2) is 0 Å². The van der Waals surface area contributed by atoms with Crippen molar-refractivity contribution in [3.8, 4) is 0 Å². The fraction of sp³-hybridized carbons (Fsp3) is 0.500. The van der Waals surface area contributed by atoms with Crippen LogP contribution in [0.25, 0.3) is 0 Å². The summed E-state index contributed by atoms with van der Waals surface area (Å²) in [6.07, 6.45) is 6.59. The third-order valence-corrected chi connectivity index (χ3v) is 6.73. The van der Waals surface area contributed by atoms with E-state index in [1.807, 2.05) is 30.5 Å². The smallest absolute Gasteiger partial charge is 0.325 e. The highest BCUT2D eigenvalue weighted by atomic mass is 16.2. The van der Waals surface area contributed by atoms with Gasteiger partial charge in [0, 0.05) is 18.1 Å². The molecular formula is C24H31N5O3. The number of anilines is 1. The molecule has 1 aromatic heterocycles. The highest BCUT2D eigenvalue weighted by Crippen LogP contribution is 2.43. The average Bonchev–Trinajstić information content (AvgIpc) is 3.31. The van der Waals surface area contributed by atoms with E-state index < -0.39 is 17.5 Å². The summed E-state index contributed by atoms with van der Waals surface area (Å²) in [5.74, 6) is -0.160. The van der Waals surface area contributed by atoms with Crippen molar-refractivity contribution in [1.82, 2.24) is 20.0 Å². The van der Waals surface area contributed by atoms with Gasteiger partial charge < -0.3 is 10.6 Å². The first-order valence-electron chi connectivity index (χ1n) is 11.2. The molecule has 0 radical (unpaired) electrons. The van der Waals surface area contributed by atoms with E-state index in [-0.39, 0.29) is 17.9 Å². The Morgan fingerprint density at radius 1 is 1.22 bits per heavy atom. The number of nitrogens with zero attached hydrogens (tertiary/aromatic N) is 3. The Bertz CT molecular complexity index is 1000. The van der Waals surface area contributed by atoms with Gasteiger partial charge in [0.2, 0.25) is 5.91 Å². The van der Waals surface area contributed by atoms with E-state index in [2.05, 4.69) is 36.5 Å². The van der Waals surface area contributed by atoms with Gasteiger partial charge in [-0.1, -0.05) is 32.9 Å². The van der Waals surface area contributed by atoms with Gasteiger partial charge in [-0.25, -0.2) is 4.79 Å². The van der Waals surface area contributed by atoms with Crippen molar-refractivity contribution in [2.75, 3.05) is 11.9 Å². The molecule has 0 atom stereocenters. The summed E-state index contributed by atoms with van der Waals surface area (Å²) in [5.41, 5.74) is 0.921. The maximum atomic E-state index is 13.1. The van der Waals surface area contributed by atoms with Gasteiger partial charge in [-0.05, 0) is 60.8 Å². The Morgan fingerprint density at radius 3 is 2.62 bits per heavy atom. The van der Waals surface area contributed by atoms with Gasteiger partial charge in [0.25, 0.3) is 5.91 Å². The SMILES string of the molecule is CC(C)(C)C1CCC2(CC1)NC(=O)N(CC(=O)Nc1cccc(Cn3cccn3)c1)C2=O. The second-order valence-corrected chi connectivity index (χ2v) is 10.00. The predicted molar refractivity (Wildman–Crippen MR) is 121 cm³/mol. The number of hydrogen-bond donors (Lipinski definition) is 2. The molecule has 2 fully saturated rings. The molecule has 4 amide bonds. The molecule has 2 heterocycles. The Kier molecular flexibility index (Phi) is 5.79. The quantitative estimate of drug-likeness (QED) is 0.701. The first-order valence-corrected chi connectivity index (χ1v) is 11.2. The number of urea groups is 1. The van der Waals surface area contributed by atoms with E-state index in [0.29, 0.717) is 31.0 Å². The molecule has 0 bridgehead atoms. The van der Waals surface area contributed by atoms with Crippen molar-refractivity contribution in [1.29, 1.82) is 0 Å². The predicted octanol–water partition coefficient (Wildman–Crippen LogP) is 3.40. The van der Waals surface area contributed by atoms with Crippen LogP contribution in [0.1, 0.15) is 52.0 Å². The third kappa shape index (κ3) is 4.54. The molecule has 1 aliphatic carbocycles. The zero-order valence-electron chi connectivity index (χ0n) is 18.9. The lowest BCUT2D eigenvalue weighted by Crippen LogP contribution is -2.50. The lowest BCUT2D eigenvalue weighted by atomic mass is 9.67. The lowest BCUT2D eigenvalue weighted by Gasteiger charge is -2.40. The summed E-state index contributed by atoms with van der Waals surface area (Å²) in [6, 6.07) is 8.82. The van der Waals surface area contributed by atoms with Crippen LogP contribution in [0.5, 0.6) is 0 Å². The highest BCUT2D eigenvalue weighted by Gasteiger charge is 2.53. The summed E-state index contributed by atoms with van der Waals surface area (Å²) in [5, 5.41) is 9.89. The standard InChI is InChI=1S/C24H31N5O3/c1-23(2,3)18-8-10-24(11-9-18)21(31)29(22(32)27-24)16-20(30)26-19-7-4-6-17(14-19)15-28-13-5-12-25-28/h4-7,12-14,18H,8-11,15-16H2,1-3H3,(H,26,30)(H,27,32). The van der Waals surface area contributed by atoms with Gasteiger partial charge >= 0.3 is 6.03 Å². The minimum atomic E-state index is -0.858. The number of imide groups is 1. The van der Waals surface area contributed by atoms with Crippen LogP contribution in [-0.2, 0) is 16.1 Å². The molecule has 1 spiro atoms. The molecule has 2 N–H and O–H groups in total. The molecule has 170 valence electrons. The monoisotopic (exact) mass is 437 g/mol. The molecule has 4 rings (SSSR count). The Hall–Kier alpha value is -3.16. The van der Waals surface area contributed by atoms with Crippen LogP contribution in [0.15, 0.2) is 42.7 Å². The molecule has 8 nitrogen and oxygen atoms in total. The van der Waals surface area contributed by atoms with Crippen LogP contribution in [0.3, 0.4) is 0 Å². The molecule has 1 saturated carbocycles. The number of rotatable bonds is 5. The number of amides is 4.